The molecule has 0 aliphatic heterocycles. The van der Waals surface area contributed by atoms with E-state index in [0.717, 1.165) is 0 Å². The van der Waals surface area contributed by atoms with Crippen molar-refractivity contribution in [2.24, 2.45) is 68.1 Å². The van der Waals surface area contributed by atoms with Crippen LogP contribution >= 0.6 is 25.3 Å². The molecule has 0 heterocycles. The second-order valence-electron chi connectivity index (χ2n) is 22.4. The monoisotopic (exact) mass is 1260 g/mol. The summed E-state index contributed by atoms with van der Waals surface area (Å²) in [7, 11) is 0. The molecule has 33 heteroatoms. The van der Waals surface area contributed by atoms with Crippen LogP contribution in [0, 0.1) is 23.7 Å². The van der Waals surface area contributed by atoms with Crippen LogP contribution in [0.4, 0.5) is 0 Å². The van der Waals surface area contributed by atoms with Crippen LogP contribution < -0.4 is 92.9 Å². The molecule has 23 N–H and O–H groups in total. The van der Waals surface area contributed by atoms with Crippen molar-refractivity contribution in [1.82, 2.24) is 58.5 Å². The van der Waals surface area contributed by atoms with E-state index < -0.39 is 150 Å². The highest BCUT2D eigenvalue weighted by molar-refractivity contribution is 7.80. The number of nitrogens with one attached hydrogen (secondary N) is 11. The molecule has 86 heavy (non-hydrogen) atoms. The van der Waals surface area contributed by atoms with E-state index in [9.17, 15) is 57.5 Å². The Balaban J connectivity index is 6.00. The summed E-state index contributed by atoms with van der Waals surface area (Å²) in [5.74, 6) is -10.6. The summed E-state index contributed by atoms with van der Waals surface area (Å²) < 4.78 is 0. The van der Waals surface area contributed by atoms with Gasteiger partial charge in [0, 0.05) is 24.6 Å². The fourth-order valence-corrected chi connectivity index (χ4v) is 8.54. The highest BCUT2D eigenvalue weighted by Crippen LogP contribution is 2.12. The highest BCUT2D eigenvalue weighted by atomic mass is 32.1. The van der Waals surface area contributed by atoms with Crippen molar-refractivity contribution >= 4 is 108 Å². The first-order chi connectivity index (χ1) is 40.1. The molecule has 12 amide bonds. The number of carbonyl (C=O) groups is 12. The minimum atomic E-state index is -1.34. The molecule has 0 aliphatic carbocycles. The van der Waals surface area contributed by atoms with Crippen LogP contribution in [-0.2, 0) is 57.5 Å². The van der Waals surface area contributed by atoms with Crippen molar-refractivity contribution in [2.75, 3.05) is 31.1 Å². The first-order valence-corrected chi connectivity index (χ1v) is 30.0. The van der Waals surface area contributed by atoms with Crippen molar-refractivity contribution in [3.63, 3.8) is 0 Å². The predicted octanol–water partition coefficient (Wildman–Crippen LogP) is -5.03. The summed E-state index contributed by atoms with van der Waals surface area (Å²) in [6.45, 7) is 18.0. The van der Waals surface area contributed by atoms with Gasteiger partial charge in [0.25, 0.3) is 0 Å². The first-order valence-electron chi connectivity index (χ1n) is 28.8. The van der Waals surface area contributed by atoms with Crippen LogP contribution in [0.15, 0.2) is 9.98 Å². The maximum Gasteiger partial charge on any atom is 0.244 e. The van der Waals surface area contributed by atoms with E-state index in [-0.39, 0.29) is 92.8 Å². The van der Waals surface area contributed by atoms with Gasteiger partial charge in [-0.1, -0.05) is 61.8 Å². The molecule has 12 atom stereocenters. The normalized spacial score (nSPS) is 15.3. The Morgan fingerprint density at radius 1 is 0.407 bits per heavy atom. The number of carbonyl (C=O) groups excluding carboxylic acids is 12. The number of hydrogen-bond acceptors (Lipinski definition) is 17. The van der Waals surface area contributed by atoms with Crippen molar-refractivity contribution < 1.29 is 57.5 Å². The van der Waals surface area contributed by atoms with E-state index >= 15 is 0 Å². The van der Waals surface area contributed by atoms with Crippen LogP contribution in [0.25, 0.3) is 0 Å². The molecule has 0 aromatic rings. The van der Waals surface area contributed by atoms with Gasteiger partial charge in [-0.3, -0.25) is 67.5 Å². The van der Waals surface area contributed by atoms with Gasteiger partial charge in [0.15, 0.2) is 11.9 Å². The van der Waals surface area contributed by atoms with Crippen LogP contribution in [0.1, 0.15) is 128 Å². The van der Waals surface area contributed by atoms with Crippen LogP contribution in [0.3, 0.4) is 0 Å². The Bertz CT molecular complexity index is 2340. The van der Waals surface area contributed by atoms with Crippen LogP contribution in [-0.4, -0.2) is 180 Å². The van der Waals surface area contributed by atoms with Gasteiger partial charge in [0.2, 0.25) is 70.9 Å². The second-order valence-corrected chi connectivity index (χ2v) is 23.1. The summed E-state index contributed by atoms with van der Waals surface area (Å²) in [6.07, 6.45) is 1.49. The van der Waals surface area contributed by atoms with Gasteiger partial charge in [-0.15, -0.1) is 0 Å². The second kappa shape index (κ2) is 41.0. The molecule has 0 saturated carbocycles. The molecular weight excluding hydrogens is 1160 g/mol. The summed E-state index contributed by atoms with van der Waals surface area (Å²) in [6, 6.07) is -13.1. The molecule has 0 spiro atoms. The third kappa shape index (κ3) is 31.8. The lowest BCUT2D eigenvalue weighted by atomic mass is 9.97. The summed E-state index contributed by atoms with van der Waals surface area (Å²) in [5, 5.41) is 28.0. The SMILES string of the molecule is CC[C@H](C)[C@H](NC(=O)[C@H](C)NC(=O)[C@H](CC(C)C)NC(=O)[C@H](CS)NC(=O)[C@H](CC(C)C)NC(=O)[C@H](C)NC(=O)[C@H](C)NC(=O)[C@H](CS)NC(=O)[C@@H](N)CC(C)C)C(=O)NCC(=O)N[C@@H](CCCN=C(N)N)C(=O)N[C@@H](CCCN=C(N)N)C(N)=O. The maximum absolute atomic E-state index is 13.9. The minimum Gasteiger partial charge on any atom is -0.370 e. The van der Waals surface area contributed by atoms with Gasteiger partial charge in [-0.25, -0.2) is 0 Å². The highest BCUT2D eigenvalue weighted by Gasteiger charge is 2.35. The minimum absolute atomic E-state index is 0.00216. The lowest BCUT2D eigenvalue weighted by Crippen LogP contribution is -2.60. The first kappa shape index (κ1) is 78.8. The Morgan fingerprint density at radius 2 is 0.756 bits per heavy atom. The number of hydrogen-bond donors (Lipinski definition) is 19. The average molecular weight is 1260 g/mol. The number of nitrogens with zero attached hydrogens (tertiary/aromatic N) is 2. The Morgan fingerprint density at radius 3 is 1.19 bits per heavy atom. The van der Waals surface area contributed by atoms with Crippen molar-refractivity contribution in [1.29, 1.82) is 0 Å². The zero-order valence-electron chi connectivity index (χ0n) is 51.5. The molecule has 0 bridgehead atoms. The van der Waals surface area contributed by atoms with E-state index in [1.807, 2.05) is 13.8 Å². The molecule has 0 fully saturated rings. The Labute approximate surface area is 515 Å². The molecule has 0 saturated heterocycles. The number of rotatable bonds is 41. The van der Waals surface area contributed by atoms with Gasteiger partial charge in [-0.05, 0) is 89.4 Å². The largest absolute Gasteiger partial charge is 0.370 e. The summed E-state index contributed by atoms with van der Waals surface area (Å²) in [4.78, 5) is 168. The number of guanidine groups is 2. The van der Waals surface area contributed by atoms with Gasteiger partial charge in [-0.2, -0.15) is 25.3 Å². The zero-order chi connectivity index (χ0) is 66.1. The molecule has 0 radical (unpaired) electrons. The average Bonchev–Trinajstić information content (AvgIpc) is 3.58. The summed E-state index contributed by atoms with van der Waals surface area (Å²) in [5.41, 5.74) is 33.0. The van der Waals surface area contributed by atoms with E-state index in [0.29, 0.717) is 12.8 Å². The molecule has 0 aliphatic rings. The van der Waals surface area contributed by atoms with Crippen LogP contribution in [0.5, 0.6) is 0 Å². The van der Waals surface area contributed by atoms with Gasteiger partial charge < -0.3 is 92.9 Å². The standard InChI is InChI=1S/C53H99N19O12S2/c1-12-28(8)40(51(84)62-22-39(73)66-34(16-14-18-61-53(58)59)46(79)67-33(41(55)74)15-13-17-60-52(56)57)72-44(77)31(11)64-47(80)35(20-26(4)5)69-50(83)38(24-86)71-48(81)36(21-27(6)7)68-43(76)30(10)63-42(75)29(9)65-49(82)37(23-85)70-45(78)32(54)19-25(2)3/h25-38,40,85-86H,12-24,54H2,1-11H3,(H2,55,74)(H,62,84)(H,63,75)(H,64,80)(H,65,82)(H,66,73)(H,67,79)(H,68,76)(H,69,83)(H,70,78)(H,71,81)(H,72,77)(H4,56,57,60)(H4,58,59,61)/t28-,29-,30-,31-,32-,33-,34-,35-,36-,37-,38-,40-/m0/s1. The van der Waals surface area contributed by atoms with E-state index in [1.165, 1.54) is 20.8 Å². The third-order valence-electron chi connectivity index (χ3n) is 13.0. The van der Waals surface area contributed by atoms with Crippen molar-refractivity contribution in [2.45, 2.75) is 194 Å². The fraction of sp³-hybridized carbons (Fsp3) is 0.736. The topological polar surface area (TPSA) is 518 Å². The zero-order valence-corrected chi connectivity index (χ0v) is 53.3. The maximum atomic E-state index is 13.9. The van der Waals surface area contributed by atoms with Gasteiger partial charge in [0.05, 0.1) is 12.6 Å². The van der Waals surface area contributed by atoms with Crippen LogP contribution in [0.2, 0.25) is 0 Å². The van der Waals surface area contributed by atoms with Crippen molar-refractivity contribution in [3.05, 3.63) is 0 Å². The van der Waals surface area contributed by atoms with E-state index in [2.05, 4.69) is 93.7 Å². The number of nitrogens with two attached hydrogens (primary N) is 6. The molecule has 490 valence electrons. The lowest BCUT2D eigenvalue weighted by Gasteiger charge is -2.28. The fourth-order valence-electron chi connectivity index (χ4n) is 8.03. The quantitative estimate of drug-likeness (QED) is 0.0118. The number of aliphatic imine (C=N–C) groups is 2. The molecule has 0 aromatic heterocycles. The molecular formula is C53H99N19O12S2. The number of thiol groups is 2. The number of primary amides is 1. The van der Waals surface area contributed by atoms with Gasteiger partial charge in [0.1, 0.15) is 60.4 Å². The Kier molecular flexibility index (Phi) is 37.6. The van der Waals surface area contributed by atoms with Crippen molar-refractivity contribution in [3.8, 4) is 0 Å². The summed E-state index contributed by atoms with van der Waals surface area (Å²) >= 11 is 8.43. The smallest absolute Gasteiger partial charge is 0.244 e. The van der Waals surface area contributed by atoms with E-state index in [4.69, 9.17) is 34.4 Å². The molecule has 0 aromatic carbocycles. The predicted molar refractivity (Wildman–Crippen MR) is 332 cm³/mol. The van der Waals surface area contributed by atoms with E-state index in [1.54, 1.807) is 41.5 Å². The molecule has 31 nitrogen and oxygen atoms in total. The Hall–Kier alpha value is -7.16. The van der Waals surface area contributed by atoms with Gasteiger partial charge >= 0.3 is 0 Å². The molecule has 0 rings (SSSR count). The molecule has 0 unspecified atom stereocenters. The third-order valence-corrected chi connectivity index (χ3v) is 13.8. The number of amides is 12. The lowest BCUT2D eigenvalue weighted by molar-refractivity contribution is -0.136.